The van der Waals surface area contributed by atoms with Crippen LogP contribution in [-0.2, 0) is 13.0 Å². The summed E-state index contributed by atoms with van der Waals surface area (Å²) in [6.45, 7) is 5.54. The second kappa shape index (κ2) is 6.80. The van der Waals surface area contributed by atoms with Gasteiger partial charge in [-0.25, -0.2) is 4.98 Å². The zero-order valence-corrected chi connectivity index (χ0v) is 11.0. The first-order chi connectivity index (χ1) is 8.38. The van der Waals surface area contributed by atoms with Crippen molar-refractivity contribution in [1.29, 1.82) is 0 Å². The number of aromatic nitrogens is 2. The van der Waals surface area contributed by atoms with E-state index >= 15 is 0 Å². The van der Waals surface area contributed by atoms with Crippen molar-refractivity contribution in [1.82, 2.24) is 14.9 Å². The summed E-state index contributed by atoms with van der Waals surface area (Å²) in [5.74, 6) is 0.898. The van der Waals surface area contributed by atoms with Crippen LogP contribution in [0.5, 0.6) is 0 Å². The summed E-state index contributed by atoms with van der Waals surface area (Å²) in [5, 5.41) is 3.42. The predicted molar refractivity (Wildman–Crippen MR) is 71.0 cm³/mol. The lowest BCUT2D eigenvalue weighted by atomic mass is 10.1. The van der Waals surface area contributed by atoms with Gasteiger partial charge in [-0.05, 0) is 31.7 Å². The van der Waals surface area contributed by atoms with Gasteiger partial charge in [-0.1, -0.05) is 19.8 Å². The van der Waals surface area contributed by atoms with Crippen LogP contribution in [0.4, 0.5) is 0 Å². The van der Waals surface area contributed by atoms with E-state index in [4.69, 9.17) is 0 Å². The van der Waals surface area contributed by atoms with Crippen LogP contribution in [0.25, 0.3) is 0 Å². The number of imidazole rings is 1. The van der Waals surface area contributed by atoms with Gasteiger partial charge in [0.25, 0.3) is 0 Å². The van der Waals surface area contributed by atoms with Crippen LogP contribution >= 0.6 is 0 Å². The Morgan fingerprint density at radius 1 is 1.35 bits per heavy atom. The molecule has 3 nitrogen and oxygen atoms in total. The Bertz CT molecular complexity index is 313. The number of nitrogens with one attached hydrogen (secondary N) is 1. The SMILES string of the molecule is CCCNCCc1cn(CC2CCCC2)cn1. The van der Waals surface area contributed by atoms with Gasteiger partial charge in [0, 0.05) is 25.7 Å². The summed E-state index contributed by atoms with van der Waals surface area (Å²) in [6, 6.07) is 0. The topological polar surface area (TPSA) is 29.9 Å². The quantitative estimate of drug-likeness (QED) is 0.736. The third-order valence-corrected chi connectivity index (χ3v) is 3.62. The molecule has 2 rings (SSSR count). The van der Waals surface area contributed by atoms with Gasteiger partial charge in [-0.15, -0.1) is 0 Å². The zero-order chi connectivity index (χ0) is 11.9. The number of hydrogen-bond donors (Lipinski definition) is 1. The Morgan fingerprint density at radius 3 is 2.94 bits per heavy atom. The van der Waals surface area contributed by atoms with E-state index in [0.29, 0.717) is 0 Å². The number of rotatable bonds is 7. The molecule has 0 radical (unpaired) electrons. The maximum absolute atomic E-state index is 4.48. The van der Waals surface area contributed by atoms with Crippen molar-refractivity contribution in [2.24, 2.45) is 5.92 Å². The summed E-state index contributed by atoms with van der Waals surface area (Å²) >= 11 is 0. The predicted octanol–water partition coefficient (Wildman–Crippen LogP) is 2.62. The lowest BCUT2D eigenvalue weighted by molar-refractivity contribution is 0.457. The molecule has 0 aromatic carbocycles. The summed E-state index contributed by atoms with van der Waals surface area (Å²) in [5.41, 5.74) is 1.23. The Balaban J connectivity index is 1.71. The van der Waals surface area contributed by atoms with E-state index in [1.54, 1.807) is 0 Å². The van der Waals surface area contributed by atoms with Gasteiger partial charge in [-0.3, -0.25) is 0 Å². The molecule has 17 heavy (non-hydrogen) atoms. The molecule has 96 valence electrons. The van der Waals surface area contributed by atoms with Gasteiger partial charge in [0.15, 0.2) is 0 Å². The first-order valence-corrected chi connectivity index (χ1v) is 7.10. The molecule has 0 atom stereocenters. The van der Waals surface area contributed by atoms with Crippen molar-refractivity contribution < 1.29 is 0 Å². The highest BCUT2D eigenvalue weighted by Gasteiger charge is 2.15. The molecule has 1 aliphatic rings. The van der Waals surface area contributed by atoms with Crippen LogP contribution < -0.4 is 5.32 Å². The van der Waals surface area contributed by atoms with Gasteiger partial charge in [0.05, 0.1) is 12.0 Å². The van der Waals surface area contributed by atoms with E-state index < -0.39 is 0 Å². The maximum atomic E-state index is 4.48. The monoisotopic (exact) mass is 235 g/mol. The molecule has 1 aliphatic carbocycles. The zero-order valence-electron chi connectivity index (χ0n) is 11.0. The lowest BCUT2D eigenvalue weighted by Crippen LogP contribution is -2.17. The summed E-state index contributed by atoms with van der Waals surface area (Å²) in [7, 11) is 0. The molecule has 0 unspecified atom stereocenters. The molecule has 0 saturated heterocycles. The van der Waals surface area contributed by atoms with E-state index in [1.807, 2.05) is 6.33 Å². The Labute approximate surface area is 105 Å². The fourth-order valence-corrected chi connectivity index (χ4v) is 2.64. The highest BCUT2D eigenvalue weighted by atomic mass is 15.0. The molecule has 1 fully saturated rings. The Morgan fingerprint density at radius 2 is 2.18 bits per heavy atom. The third kappa shape index (κ3) is 4.15. The Hall–Kier alpha value is -0.830. The molecular weight excluding hydrogens is 210 g/mol. The van der Waals surface area contributed by atoms with Crippen LogP contribution in [-0.4, -0.2) is 22.6 Å². The third-order valence-electron chi connectivity index (χ3n) is 3.62. The first-order valence-electron chi connectivity index (χ1n) is 7.10. The van der Waals surface area contributed by atoms with Crippen LogP contribution in [0.3, 0.4) is 0 Å². The normalized spacial score (nSPS) is 16.8. The van der Waals surface area contributed by atoms with E-state index in [1.165, 1.54) is 44.3 Å². The first kappa shape index (κ1) is 12.6. The lowest BCUT2D eigenvalue weighted by Gasteiger charge is -2.08. The number of hydrogen-bond acceptors (Lipinski definition) is 2. The largest absolute Gasteiger partial charge is 0.337 e. The molecule has 1 N–H and O–H groups in total. The molecule has 0 bridgehead atoms. The fourth-order valence-electron chi connectivity index (χ4n) is 2.64. The van der Waals surface area contributed by atoms with Crippen molar-refractivity contribution in [2.75, 3.05) is 13.1 Å². The van der Waals surface area contributed by atoms with E-state index in [9.17, 15) is 0 Å². The second-order valence-electron chi connectivity index (χ2n) is 5.21. The van der Waals surface area contributed by atoms with Gasteiger partial charge in [0.1, 0.15) is 0 Å². The van der Waals surface area contributed by atoms with Crippen LogP contribution in [0.2, 0.25) is 0 Å². The molecule has 0 aliphatic heterocycles. The highest BCUT2D eigenvalue weighted by molar-refractivity contribution is 4.97. The van der Waals surface area contributed by atoms with Gasteiger partial charge >= 0.3 is 0 Å². The van der Waals surface area contributed by atoms with E-state index in [-0.39, 0.29) is 0 Å². The summed E-state index contributed by atoms with van der Waals surface area (Å²) in [6.07, 6.45) is 12.2. The van der Waals surface area contributed by atoms with Crippen LogP contribution in [0.1, 0.15) is 44.7 Å². The van der Waals surface area contributed by atoms with Crippen molar-refractivity contribution in [3.05, 3.63) is 18.2 Å². The number of nitrogens with zero attached hydrogens (tertiary/aromatic N) is 2. The van der Waals surface area contributed by atoms with Gasteiger partial charge in [0.2, 0.25) is 0 Å². The van der Waals surface area contributed by atoms with Crippen molar-refractivity contribution in [3.63, 3.8) is 0 Å². The van der Waals surface area contributed by atoms with E-state index in [2.05, 4.69) is 28.0 Å². The molecule has 1 heterocycles. The maximum Gasteiger partial charge on any atom is 0.0949 e. The van der Waals surface area contributed by atoms with Crippen LogP contribution in [0, 0.1) is 5.92 Å². The molecule has 1 aromatic heterocycles. The average Bonchev–Trinajstić information content (AvgIpc) is 2.97. The standard InChI is InChI=1S/C14H25N3/c1-2-8-15-9-7-14-11-17(12-16-14)10-13-5-3-4-6-13/h11-13,15H,2-10H2,1H3. The fraction of sp³-hybridized carbons (Fsp3) is 0.786. The molecule has 0 spiro atoms. The molecule has 3 heteroatoms. The summed E-state index contributed by atoms with van der Waals surface area (Å²) < 4.78 is 2.28. The minimum atomic E-state index is 0.898. The minimum absolute atomic E-state index is 0.898. The average molecular weight is 235 g/mol. The highest BCUT2D eigenvalue weighted by Crippen LogP contribution is 2.26. The smallest absolute Gasteiger partial charge is 0.0949 e. The summed E-state index contributed by atoms with van der Waals surface area (Å²) in [4.78, 5) is 4.48. The van der Waals surface area contributed by atoms with Crippen molar-refractivity contribution >= 4 is 0 Å². The van der Waals surface area contributed by atoms with E-state index in [0.717, 1.165) is 25.4 Å². The molecular formula is C14H25N3. The van der Waals surface area contributed by atoms with Crippen molar-refractivity contribution in [3.8, 4) is 0 Å². The molecule has 1 aromatic rings. The minimum Gasteiger partial charge on any atom is -0.337 e. The van der Waals surface area contributed by atoms with Crippen molar-refractivity contribution in [2.45, 2.75) is 52.0 Å². The molecule has 0 amide bonds. The molecule has 1 saturated carbocycles. The van der Waals surface area contributed by atoms with Crippen LogP contribution in [0.15, 0.2) is 12.5 Å². The van der Waals surface area contributed by atoms with Gasteiger partial charge < -0.3 is 9.88 Å². The Kier molecular flexibility index (Phi) is 5.05. The second-order valence-corrected chi connectivity index (χ2v) is 5.21. The van der Waals surface area contributed by atoms with Gasteiger partial charge in [-0.2, -0.15) is 0 Å².